The third kappa shape index (κ3) is 1.78. The van der Waals surface area contributed by atoms with Crippen LogP contribution in [-0.4, -0.2) is 4.98 Å². The summed E-state index contributed by atoms with van der Waals surface area (Å²) in [5, 5.41) is 0.710. The van der Waals surface area contributed by atoms with Gasteiger partial charge in [-0.25, -0.2) is 4.98 Å². The van der Waals surface area contributed by atoms with Crippen molar-refractivity contribution in [1.82, 2.24) is 4.98 Å². The minimum absolute atomic E-state index is 0.669. The number of benzene rings is 2. The van der Waals surface area contributed by atoms with Gasteiger partial charge in [-0.2, -0.15) is 0 Å². The second kappa shape index (κ2) is 4.40. The lowest BCUT2D eigenvalue weighted by Gasteiger charge is -2.05. The van der Waals surface area contributed by atoms with Gasteiger partial charge < -0.3 is 4.42 Å². The Morgan fingerprint density at radius 2 is 1.85 bits per heavy atom. The van der Waals surface area contributed by atoms with E-state index in [1.165, 1.54) is 4.90 Å². The van der Waals surface area contributed by atoms with Crippen LogP contribution in [0.15, 0.2) is 56.7 Å². The molecule has 98 valence electrons. The van der Waals surface area contributed by atoms with E-state index >= 15 is 0 Å². The first-order valence-electron chi connectivity index (χ1n) is 6.27. The van der Waals surface area contributed by atoms with E-state index in [0.29, 0.717) is 10.9 Å². The maximum absolute atomic E-state index is 6.15. The number of fused-ring (bicyclic) bond motifs is 5. The monoisotopic (exact) mass is 299 g/mol. The van der Waals surface area contributed by atoms with Crippen molar-refractivity contribution in [2.75, 3.05) is 0 Å². The van der Waals surface area contributed by atoms with Crippen molar-refractivity contribution in [3.63, 3.8) is 0 Å². The molecule has 2 aromatic carbocycles. The molecule has 1 aliphatic rings. The summed E-state index contributed by atoms with van der Waals surface area (Å²) in [7, 11) is 0. The van der Waals surface area contributed by atoms with Crippen molar-refractivity contribution in [1.29, 1.82) is 0 Å². The quantitative estimate of drug-likeness (QED) is 0.433. The molecular formula is C16H10ClNOS. The summed E-state index contributed by atoms with van der Waals surface area (Å²) in [6, 6.07) is 14.1. The van der Waals surface area contributed by atoms with Gasteiger partial charge in [-0.3, -0.25) is 0 Å². The summed E-state index contributed by atoms with van der Waals surface area (Å²) < 4.78 is 5.84. The lowest BCUT2D eigenvalue weighted by Crippen LogP contribution is -1.83. The average molecular weight is 300 g/mol. The number of rotatable bonds is 0. The molecule has 2 heterocycles. The number of aryl methyl sites for hydroxylation is 1. The van der Waals surface area contributed by atoms with Crippen molar-refractivity contribution in [2.45, 2.75) is 16.7 Å². The second-order valence-electron chi connectivity index (χ2n) is 4.65. The summed E-state index contributed by atoms with van der Waals surface area (Å²) in [4.78, 5) is 6.87. The van der Waals surface area contributed by atoms with Crippen molar-refractivity contribution in [2.24, 2.45) is 0 Å². The van der Waals surface area contributed by atoms with Gasteiger partial charge in [-0.05, 0) is 24.3 Å². The summed E-state index contributed by atoms with van der Waals surface area (Å²) >= 11 is 7.87. The first kappa shape index (κ1) is 12.1. The van der Waals surface area contributed by atoms with Crippen LogP contribution in [0.1, 0.15) is 5.89 Å². The molecule has 1 aromatic heterocycles. The number of oxazole rings is 1. The smallest absolute Gasteiger partial charge is 0.192 e. The van der Waals surface area contributed by atoms with E-state index in [4.69, 9.17) is 16.0 Å². The van der Waals surface area contributed by atoms with Gasteiger partial charge in [0.15, 0.2) is 11.7 Å². The highest BCUT2D eigenvalue weighted by molar-refractivity contribution is 7.99. The van der Waals surface area contributed by atoms with Crippen LogP contribution in [0.5, 0.6) is 0 Å². The predicted molar refractivity (Wildman–Crippen MR) is 81.2 cm³/mol. The molecule has 0 atom stereocenters. The van der Waals surface area contributed by atoms with Gasteiger partial charge in [0, 0.05) is 32.9 Å². The van der Waals surface area contributed by atoms with E-state index in [0.717, 1.165) is 27.5 Å². The largest absolute Gasteiger partial charge is 0.440 e. The van der Waals surface area contributed by atoms with Gasteiger partial charge >= 0.3 is 0 Å². The minimum atomic E-state index is 0.669. The maximum atomic E-state index is 6.15. The third-order valence-corrected chi connectivity index (χ3v) is 4.67. The maximum Gasteiger partial charge on any atom is 0.192 e. The molecule has 0 spiro atoms. The van der Waals surface area contributed by atoms with Crippen molar-refractivity contribution in [3.05, 3.63) is 53.4 Å². The molecule has 4 rings (SSSR count). The highest BCUT2D eigenvalue weighted by Gasteiger charge is 2.24. The van der Waals surface area contributed by atoms with E-state index in [2.05, 4.69) is 17.1 Å². The van der Waals surface area contributed by atoms with Crippen LogP contribution in [0.25, 0.3) is 22.6 Å². The van der Waals surface area contributed by atoms with Gasteiger partial charge in [0.1, 0.15) is 5.69 Å². The van der Waals surface area contributed by atoms with E-state index in [-0.39, 0.29) is 0 Å². The van der Waals surface area contributed by atoms with E-state index in [1.54, 1.807) is 11.8 Å². The summed E-state index contributed by atoms with van der Waals surface area (Å²) in [5.74, 6) is 1.49. The molecule has 20 heavy (non-hydrogen) atoms. The van der Waals surface area contributed by atoms with Crippen molar-refractivity contribution < 1.29 is 4.42 Å². The Morgan fingerprint density at radius 1 is 1.05 bits per heavy atom. The zero-order valence-corrected chi connectivity index (χ0v) is 12.3. The Morgan fingerprint density at radius 3 is 2.75 bits per heavy atom. The van der Waals surface area contributed by atoms with Crippen molar-refractivity contribution >= 4 is 23.4 Å². The second-order valence-corrected chi connectivity index (χ2v) is 6.17. The zero-order chi connectivity index (χ0) is 13.7. The van der Waals surface area contributed by atoms with Gasteiger partial charge in [0.25, 0.3) is 0 Å². The number of halogens is 1. The minimum Gasteiger partial charge on any atom is -0.440 e. The molecular weight excluding hydrogens is 290 g/mol. The Hall–Kier alpha value is -1.71. The van der Waals surface area contributed by atoms with E-state index in [1.807, 2.05) is 37.3 Å². The van der Waals surface area contributed by atoms with E-state index in [9.17, 15) is 0 Å². The van der Waals surface area contributed by atoms with Crippen LogP contribution >= 0.6 is 23.4 Å². The number of aromatic nitrogens is 1. The molecule has 0 radical (unpaired) electrons. The lowest BCUT2D eigenvalue weighted by molar-refractivity contribution is 0.533. The van der Waals surface area contributed by atoms with Crippen LogP contribution in [0.3, 0.4) is 0 Å². The molecule has 0 fully saturated rings. The van der Waals surface area contributed by atoms with Crippen LogP contribution in [0.2, 0.25) is 5.02 Å². The Balaban J connectivity index is 2.11. The molecule has 0 bridgehead atoms. The molecule has 0 saturated carbocycles. The SMILES string of the molecule is Cc1nc2c(o1)-c1ccccc1Sc1ccc(Cl)cc1-2. The average Bonchev–Trinajstić information content (AvgIpc) is 2.78. The van der Waals surface area contributed by atoms with Crippen LogP contribution in [-0.2, 0) is 0 Å². The topological polar surface area (TPSA) is 26.0 Å². The van der Waals surface area contributed by atoms with Crippen LogP contribution in [0, 0.1) is 6.92 Å². The lowest BCUT2D eigenvalue weighted by atomic mass is 10.1. The van der Waals surface area contributed by atoms with Crippen molar-refractivity contribution in [3.8, 4) is 22.6 Å². The number of hydrogen-bond donors (Lipinski definition) is 0. The normalized spacial score (nSPS) is 12.3. The molecule has 3 aromatic rings. The summed E-state index contributed by atoms with van der Waals surface area (Å²) in [5.41, 5.74) is 2.99. The fraction of sp³-hybridized carbons (Fsp3) is 0.0625. The molecule has 4 heteroatoms. The third-order valence-electron chi connectivity index (χ3n) is 3.28. The Labute approximate surface area is 125 Å². The first-order chi connectivity index (χ1) is 9.72. The molecule has 0 amide bonds. The molecule has 0 aliphatic carbocycles. The zero-order valence-electron chi connectivity index (χ0n) is 10.7. The molecule has 1 aliphatic heterocycles. The molecule has 2 nitrogen and oxygen atoms in total. The fourth-order valence-electron chi connectivity index (χ4n) is 2.43. The van der Waals surface area contributed by atoms with Gasteiger partial charge in [-0.1, -0.05) is 41.6 Å². The number of hydrogen-bond acceptors (Lipinski definition) is 3. The van der Waals surface area contributed by atoms with Crippen LogP contribution < -0.4 is 0 Å². The summed E-state index contributed by atoms with van der Waals surface area (Å²) in [6.45, 7) is 1.87. The predicted octanol–water partition coefficient (Wildman–Crippen LogP) is 5.44. The molecule has 0 unspecified atom stereocenters. The highest BCUT2D eigenvalue weighted by atomic mass is 35.5. The first-order valence-corrected chi connectivity index (χ1v) is 7.46. The van der Waals surface area contributed by atoms with Gasteiger partial charge in [0.2, 0.25) is 0 Å². The standard InChI is InChI=1S/C16H10ClNOS/c1-9-18-15-12-8-10(17)6-7-14(12)20-13-5-3-2-4-11(13)16(15)19-9/h2-8H,1H3. The summed E-state index contributed by atoms with van der Waals surface area (Å²) in [6.07, 6.45) is 0. The van der Waals surface area contributed by atoms with Gasteiger partial charge in [0.05, 0.1) is 0 Å². The highest BCUT2D eigenvalue weighted by Crippen LogP contribution is 2.48. The van der Waals surface area contributed by atoms with E-state index < -0.39 is 0 Å². The Bertz CT molecular complexity index is 825. The van der Waals surface area contributed by atoms with Crippen LogP contribution in [0.4, 0.5) is 0 Å². The van der Waals surface area contributed by atoms with Gasteiger partial charge in [-0.15, -0.1) is 0 Å². The number of nitrogens with zero attached hydrogens (tertiary/aromatic N) is 1. The fourth-order valence-corrected chi connectivity index (χ4v) is 3.66. The molecule has 0 saturated heterocycles. The molecule has 0 N–H and O–H groups in total. The Kier molecular flexibility index (Phi) is 2.65.